The summed E-state index contributed by atoms with van der Waals surface area (Å²) < 4.78 is 42.5. The summed E-state index contributed by atoms with van der Waals surface area (Å²) in [6.45, 7) is 1.89. The minimum absolute atomic E-state index is 0.0835. The maximum Gasteiger partial charge on any atom is 0.290 e. The third kappa shape index (κ3) is 5.69. The Kier molecular flexibility index (Phi) is 6.74. The van der Waals surface area contributed by atoms with Crippen LogP contribution in [0.15, 0.2) is 52.9 Å². The van der Waals surface area contributed by atoms with Crippen LogP contribution in [0.5, 0.6) is 0 Å². The topological polar surface area (TPSA) is 96.7 Å². The van der Waals surface area contributed by atoms with Crippen molar-refractivity contribution in [2.45, 2.75) is 19.2 Å². The third-order valence-corrected chi connectivity index (χ3v) is 5.52. The zero-order chi connectivity index (χ0) is 22.6. The van der Waals surface area contributed by atoms with Crippen LogP contribution in [0.4, 0.5) is 4.39 Å². The predicted molar refractivity (Wildman–Crippen MR) is 115 cm³/mol. The number of nitrogens with one attached hydrogen (secondary N) is 1. The molecule has 164 valence electrons. The Morgan fingerprint density at radius 1 is 1.10 bits per heavy atom. The predicted octanol–water partition coefficient (Wildman–Crippen LogP) is 2.90. The van der Waals surface area contributed by atoms with Crippen LogP contribution in [0, 0.1) is 5.82 Å². The molecule has 3 rings (SSSR count). The number of amides is 2. The van der Waals surface area contributed by atoms with Crippen LogP contribution in [-0.2, 0) is 26.9 Å². The average Bonchev–Trinajstić information content (AvgIpc) is 3.08. The van der Waals surface area contributed by atoms with Gasteiger partial charge < -0.3 is 14.6 Å². The van der Waals surface area contributed by atoms with Crippen molar-refractivity contribution in [2.75, 3.05) is 19.3 Å². The highest BCUT2D eigenvalue weighted by molar-refractivity contribution is 7.89. The fourth-order valence-corrected chi connectivity index (χ4v) is 3.99. The summed E-state index contributed by atoms with van der Waals surface area (Å²) in [6.07, 6.45) is 1.09. The number of hydrogen-bond acceptors (Lipinski definition) is 5. The van der Waals surface area contributed by atoms with Crippen molar-refractivity contribution in [3.05, 3.63) is 71.2 Å². The first kappa shape index (κ1) is 22.5. The monoisotopic (exact) mass is 446 g/mol. The molecular formula is C22H23FN2O5S. The normalized spacial score (nSPS) is 11.5. The lowest BCUT2D eigenvalue weighted by Gasteiger charge is -2.20. The summed E-state index contributed by atoms with van der Waals surface area (Å²) in [6, 6.07) is 12.5. The van der Waals surface area contributed by atoms with Gasteiger partial charge in [0.05, 0.1) is 12.3 Å². The van der Waals surface area contributed by atoms with Crippen LogP contribution >= 0.6 is 0 Å². The molecule has 7 nitrogen and oxygen atoms in total. The molecule has 1 N–H and O–H groups in total. The van der Waals surface area contributed by atoms with Crippen molar-refractivity contribution in [1.29, 1.82) is 0 Å². The third-order valence-electron chi connectivity index (χ3n) is 4.71. The lowest BCUT2D eigenvalue weighted by Crippen LogP contribution is -2.40. The van der Waals surface area contributed by atoms with Gasteiger partial charge in [0, 0.05) is 30.3 Å². The number of carbonyl (C=O) groups is 2. The Morgan fingerprint density at radius 2 is 1.77 bits per heavy atom. The largest absolute Gasteiger partial charge is 0.451 e. The van der Waals surface area contributed by atoms with E-state index < -0.39 is 21.7 Å². The van der Waals surface area contributed by atoms with Gasteiger partial charge in [0.2, 0.25) is 5.91 Å². The van der Waals surface area contributed by atoms with Crippen LogP contribution in [0.3, 0.4) is 0 Å². The van der Waals surface area contributed by atoms with Crippen molar-refractivity contribution in [3.63, 3.8) is 0 Å². The van der Waals surface area contributed by atoms with E-state index in [4.69, 9.17) is 4.42 Å². The summed E-state index contributed by atoms with van der Waals surface area (Å²) in [5, 5.41) is 3.24. The number of likely N-dealkylation sites (N-methyl/N-ethyl adjacent to an activating group) is 1. The van der Waals surface area contributed by atoms with Gasteiger partial charge in [-0.05, 0) is 30.7 Å². The Hall–Kier alpha value is -3.20. The smallest absolute Gasteiger partial charge is 0.290 e. The molecule has 0 saturated heterocycles. The molecule has 0 unspecified atom stereocenters. The quantitative estimate of drug-likeness (QED) is 0.574. The zero-order valence-corrected chi connectivity index (χ0v) is 18.0. The standard InChI is InChI=1S/C22H23FN2O5S/c1-3-25(13-20(26)24-12-15-8-10-16(23)11-9-15)22(27)21-18(14-31(2,28)29)17-6-4-5-7-19(17)30-21/h4-11H,3,12-14H2,1-2H3,(H,24,26). The molecular weight excluding hydrogens is 423 g/mol. The summed E-state index contributed by atoms with van der Waals surface area (Å²) in [4.78, 5) is 26.8. The highest BCUT2D eigenvalue weighted by Gasteiger charge is 2.27. The fraction of sp³-hybridized carbons (Fsp3) is 0.273. The number of hydrogen-bond donors (Lipinski definition) is 1. The van der Waals surface area contributed by atoms with Crippen LogP contribution < -0.4 is 5.32 Å². The van der Waals surface area contributed by atoms with Gasteiger partial charge in [-0.3, -0.25) is 9.59 Å². The van der Waals surface area contributed by atoms with Crippen molar-refractivity contribution in [1.82, 2.24) is 10.2 Å². The second-order valence-electron chi connectivity index (χ2n) is 7.20. The van der Waals surface area contributed by atoms with Gasteiger partial charge >= 0.3 is 0 Å². The van der Waals surface area contributed by atoms with Gasteiger partial charge in [-0.1, -0.05) is 30.3 Å². The number of nitrogens with zero attached hydrogens (tertiary/aromatic N) is 1. The van der Waals surface area contributed by atoms with Crippen LogP contribution in [0.1, 0.15) is 28.6 Å². The molecule has 9 heteroatoms. The van der Waals surface area contributed by atoms with E-state index in [1.54, 1.807) is 43.3 Å². The minimum atomic E-state index is -3.43. The maximum atomic E-state index is 13.1. The first-order valence-corrected chi connectivity index (χ1v) is 11.7. The van der Waals surface area contributed by atoms with Crippen molar-refractivity contribution < 1.29 is 26.8 Å². The molecule has 0 aliphatic rings. The fourth-order valence-electron chi connectivity index (χ4n) is 3.18. The number of fused-ring (bicyclic) bond motifs is 1. The average molecular weight is 447 g/mol. The first-order chi connectivity index (χ1) is 14.7. The molecule has 1 heterocycles. The van der Waals surface area contributed by atoms with Crippen LogP contribution in [-0.4, -0.2) is 44.5 Å². The van der Waals surface area contributed by atoms with E-state index in [1.165, 1.54) is 17.0 Å². The minimum Gasteiger partial charge on any atom is -0.451 e. The summed E-state index contributed by atoms with van der Waals surface area (Å²) >= 11 is 0. The number of para-hydroxylation sites is 1. The van der Waals surface area contributed by atoms with E-state index in [2.05, 4.69) is 5.32 Å². The van der Waals surface area contributed by atoms with Gasteiger partial charge in [-0.2, -0.15) is 0 Å². The number of carbonyl (C=O) groups excluding carboxylic acids is 2. The zero-order valence-electron chi connectivity index (χ0n) is 17.2. The SMILES string of the molecule is CCN(CC(=O)NCc1ccc(F)cc1)C(=O)c1oc2ccccc2c1CS(C)(=O)=O. The molecule has 0 aliphatic heterocycles. The van der Waals surface area contributed by atoms with Gasteiger partial charge in [-0.25, -0.2) is 12.8 Å². The molecule has 31 heavy (non-hydrogen) atoms. The molecule has 2 aromatic carbocycles. The molecule has 0 saturated carbocycles. The van der Waals surface area contributed by atoms with Crippen molar-refractivity contribution in [2.24, 2.45) is 0 Å². The maximum absolute atomic E-state index is 13.1. The molecule has 0 fully saturated rings. The highest BCUT2D eigenvalue weighted by Crippen LogP contribution is 2.28. The molecule has 1 aromatic heterocycles. The summed E-state index contributed by atoms with van der Waals surface area (Å²) in [5.74, 6) is -1.76. The van der Waals surface area contributed by atoms with Gasteiger partial charge in [0.15, 0.2) is 15.6 Å². The lowest BCUT2D eigenvalue weighted by molar-refractivity contribution is -0.121. The lowest BCUT2D eigenvalue weighted by atomic mass is 10.1. The number of halogens is 1. The Labute approximate surface area is 179 Å². The summed E-state index contributed by atoms with van der Waals surface area (Å²) in [7, 11) is -3.43. The van der Waals surface area contributed by atoms with Gasteiger partial charge in [0.1, 0.15) is 11.4 Å². The molecule has 2 amide bonds. The Balaban J connectivity index is 1.78. The number of benzene rings is 2. The van der Waals surface area contributed by atoms with Crippen molar-refractivity contribution in [3.8, 4) is 0 Å². The molecule has 0 spiro atoms. The molecule has 0 aliphatic carbocycles. The van der Waals surface area contributed by atoms with Gasteiger partial charge in [0.25, 0.3) is 5.91 Å². The van der Waals surface area contributed by atoms with E-state index in [0.717, 1.165) is 11.8 Å². The number of rotatable bonds is 8. The van der Waals surface area contributed by atoms with Crippen molar-refractivity contribution >= 4 is 32.6 Å². The first-order valence-electron chi connectivity index (χ1n) is 9.66. The second-order valence-corrected chi connectivity index (χ2v) is 9.34. The van der Waals surface area contributed by atoms with Crippen LogP contribution in [0.25, 0.3) is 11.0 Å². The number of furan rings is 1. The highest BCUT2D eigenvalue weighted by atomic mass is 32.2. The second kappa shape index (κ2) is 9.30. The molecule has 0 radical (unpaired) electrons. The van der Waals surface area contributed by atoms with E-state index in [-0.39, 0.29) is 42.5 Å². The van der Waals surface area contributed by atoms with E-state index in [0.29, 0.717) is 11.0 Å². The van der Waals surface area contributed by atoms with E-state index in [9.17, 15) is 22.4 Å². The van der Waals surface area contributed by atoms with Crippen LogP contribution in [0.2, 0.25) is 0 Å². The van der Waals surface area contributed by atoms with E-state index in [1.807, 2.05) is 0 Å². The molecule has 0 atom stereocenters. The molecule has 0 bridgehead atoms. The molecule has 3 aromatic rings. The summed E-state index contributed by atoms with van der Waals surface area (Å²) in [5.41, 5.74) is 1.41. The van der Waals surface area contributed by atoms with E-state index >= 15 is 0 Å². The Morgan fingerprint density at radius 3 is 2.42 bits per heavy atom. The Bertz CT molecular complexity index is 1200. The number of sulfone groups is 1. The van der Waals surface area contributed by atoms with Gasteiger partial charge in [-0.15, -0.1) is 0 Å².